The van der Waals surface area contributed by atoms with Crippen molar-refractivity contribution in [1.82, 2.24) is 10.2 Å². The van der Waals surface area contributed by atoms with Gasteiger partial charge in [-0.15, -0.1) is 0 Å². The van der Waals surface area contributed by atoms with Crippen molar-refractivity contribution in [1.29, 1.82) is 0 Å². The second-order valence-electron chi connectivity index (χ2n) is 6.82. The van der Waals surface area contributed by atoms with Crippen molar-refractivity contribution in [3.63, 3.8) is 0 Å². The molecule has 2 amide bonds. The van der Waals surface area contributed by atoms with Crippen LogP contribution in [0, 0.1) is 5.92 Å². The van der Waals surface area contributed by atoms with E-state index in [9.17, 15) is 14.7 Å². The Kier molecular flexibility index (Phi) is 5.51. The average Bonchev–Trinajstić information content (AvgIpc) is 3.42. The molecule has 5 heteroatoms. The zero-order valence-electron chi connectivity index (χ0n) is 14.0. The van der Waals surface area contributed by atoms with Gasteiger partial charge in [-0.2, -0.15) is 0 Å². The fourth-order valence-corrected chi connectivity index (χ4v) is 3.53. The number of likely N-dealkylation sites (tertiary alicyclic amines) is 1. The van der Waals surface area contributed by atoms with E-state index < -0.39 is 6.04 Å². The summed E-state index contributed by atoms with van der Waals surface area (Å²) in [5.74, 6) is 0.395. The third-order valence-corrected chi connectivity index (χ3v) is 4.99. The number of nitrogens with zero attached hydrogens (tertiary/aromatic N) is 1. The molecule has 1 heterocycles. The number of carbonyl (C=O) groups excluding carboxylic acids is 2. The fraction of sp³-hybridized carbons (Fsp3) is 0.579. The number of nitrogens with one attached hydrogen (secondary N) is 1. The van der Waals surface area contributed by atoms with Crippen molar-refractivity contribution in [2.24, 2.45) is 5.92 Å². The lowest BCUT2D eigenvalue weighted by atomic mass is 9.99. The minimum absolute atomic E-state index is 0.00797. The summed E-state index contributed by atoms with van der Waals surface area (Å²) in [5.41, 5.74) is 0.851. The SMILES string of the molecule is O=C(NC(CCO)C1CC1)C(c1ccccc1)N1CCCCC1=O. The molecule has 0 bridgehead atoms. The molecule has 1 aliphatic heterocycles. The van der Waals surface area contributed by atoms with Crippen molar-refractivity contribution in [2.45, 2.75) is 50.6 Å². The van der Waals surface area contributed by atoms with Crippen LogP contribution in [-0.2, 0) is 9.59 Å². The Balaban J connectivity index is 1.80. The van der Waals surface area contributed by atoms with Gasteiger partial charge in [0.25, 0.3) is 0 Å². The summed E-state index contributed by atoms with van der Waals surface area (Å²) in [5, 5.41) is 12.4. The molecule has 0 aromatic heterocycles. The molecular weight excluding hydrogens is 304 g/mol. The first-order valence-corrected chi connectivity index (χ1v) is 8.96. The number of aliphatic hydroxyl groups is 1. The molecule has 0 radical (unpaired) electrons. The smallest absolute Gasteiger partial charge is 0.247 e. The molecule has 2 N–H and O–H groups in total. The maximum atomic E-state index is 13.0. The maximum Gasteiger partial charge on any atom is 0.247 e. The summed E-state index contributed by atoms with van der Waals surface area (Å²) in [6, 6.07) is 8.96. The third kappa shape index (κ3) is 3.96. The van der Waals surface area contributed by atoms with Gasteiger partial charge in [0.15, 0.2) is 0 Å². The minimum Gasteiger partial charge on any atom is -0.396 e. The molecule has 0 spiro atoms. The van der Waals surface area contributed by atoms with Gasteiger partial charge in [-0.1, -0.05) is 30.3 Å². The lowest BCUT2D eigenvalue weighted by molar-refractivity contribution is -0.143. The predicted octanol–water partition coefficient (Wildman–Crippen LogP) is 2.02. The molecular formula is C19H26N2O3. The Hall–Kier alpha value is -1.88. The number of benzene rings is 1. The molecule has 2 aliphatic rings. The van der Waals surface area contributed by atoms with Crippen LogP contribution in [0.5, 0.6) is 0 Å². The number of piperidine rings is 1. The summed E-state index contributed by atoms with van der Waals surface area (Å²) in [4.78, 5) is 27.1. The van der Waals surface area contributed by atoms with Crippen LogP contribution in [0.3, 0.4) is 0 Å². The Morgan fingerprint density at radius 2 is 2.00 bits per heavy atom. The van der Waals surface area contributed by atoms with E-state index in [0.29, 0.717) is 25.3 Å². The first-order valence-electron chi connectivity index (χ1n) is 8.96. The summed E-state index contributed by atoms with van der Waals surface area (Å²) >= 11 is 0. The van der Waals surface area contributed by atoms with Gasteiger partial charge >= 0.3 is 0 Å². The predicted molar refractivity (Wildman–Crippen MR) is 91.1 cm³/mol. The Morgan fingerprint density at radius 1 is 1.25 bits per heavy atom. The van der Waals surface area contributed by atoms with Crippen LogP contribution >= 0.6 is 0 Å². The van der Waals surface area contributed by atoms with E-state index in [-0.39, 0.29) is 24.5 Å². The number of rotatable bonds is 7. The highest BCUT2D eigenvalue weighted by molar-refractivity contribution is 5.89. The van der Waals surface area contributed by atoms with Crippen molar-refractivity contribution in [3.05, 3.63) is 35.9 Å². The first-order chi connectivity index (χ1) is 11.7. The molecule has 1 aliphatic carbocycles. The molecule has 2 unspecified atom stereocenters. The molecule has 130 valence electrons. The van der Waals surface area contributed by atoms with E-state index in [4.69, 9.17) is 0 Å². The highest BCUT2D eigenvalue weighted by atomic mass is 16.3. The minimum atomic E-state index is -0.570. The zero-order valence-corrected chi connectivity index (χ0v) is 14.0. The van der Waals surface area contributed by atoms with Crippen LogP contribution < -0.4 is 5.32 Å². The van der Waals surface area contributed by atoms with E-state index in [2.05, 4.69) is 5.32 Å². The van der Waals surface area contributed by atoms with Crippen LogP contribution in [0.4, 0.5) is 0 Å². The fourth-order valence-electron chi connectivity index (χ4n) is 3.53. The van der Waals surface area contributed by atoms with Crippen LogP contribution in [-0.4, -0.2) is 41.0 Å². The molecule has 3 rings (SSSR count). The lowest BCUT2D eigenvalue weighted by Gasteiger charge is -2.35. The highest BCUT2D eigenvalue weighted by Gasteiger charge is 2.37. The van der Waals surface area contributed by atoms with E-state index >= 15 is 0 Å². The van der Waals surface area contributed by atoms with Crippen LogP contribution in [0.25, 0.3) is 0 Å². The number of carbonyl (C=O) groups is 2. The van der Waals surface area contributed by atoms with Crippen molar-refractivity contribution < 1.29 is 14.7 Å². The van der Waals surface area contributed by atoms with Crippen molar-refractivity contribution in [2.75, 3.05) is 13.2 Å². The second kappa shape index (κ2) is 7.79. The summed E-state index contributed by atoms with van der Waals surface area (Å²) < 4.78 is 0. The van der Waals surface area contributed by atoms with E-state index in [0.717, 1.165) is 31.2 Å². The third-order valence-electron chi connectivity index (χ3n) is 4.99. The number of hydrogen-bond donors (Lipinski definition) is 2. The van der Waals surface area contributed by atoms with Gasteiger partial charge in [0, 0.05) is 25.6 Å². The molecule has 5 nitrogen and oxygen atoms in total. The Morgan fingerprint density at radius 3 is 2.62 bits per heavy atom. The standard InChI is InChI=1S/C19H26N2O3/c22-13-11-16(14-9-10-14)20-19(24)18(15-6-2-1-3-7-15)21-12-5-4-8-17(21)23/h1-3,6-7,14,16,18,22H,4-5,8-13H2,(H,20,24). The Labute approximate surface area is 143 Å². The summed E-state index contributed by atoms with van der Waals surface area (Å²) in [7, 11) is 0. The number of aliphatic hydroxyl groups excluding tert-OH is 1. The summed E-state index contributed by atoms with van der Waals surface area (Å²) in [6.45, 7) is 0.694. The van der Waals surface area contributed by atoms with Crippen molar-refractivity contribution in [3.8, 4) is 0 Å². The first kappa shape index (κ1) is 17.0. The molecule has 2 atom stereocenters. The van der Waals surface area contributed by atoms with Gasteiger partial charge < -0.3 is 15.3 Å². The van der Waals surface area contributed by atoms with Crippen LogP contribution in [0.2, 0.25) is 0 Å². The topological polar surface area (TPSA) is 69.6 Å². The van der Waals surface area contributed by atoms with Gasteiger partial charge in [0.05, 0.1) is 0 Å². The normalized spacial score (nSPS) is 20.5. The van der Waals surface area contributed by atoms with E-state index in [1.54, 1.807) is 4.90 Å². The highest BCUT2D eigenvalue weighted by Crippen LogP contribution is 2.35. The molecule has 2 fully saturated rings. The van der Waals surface area contributed by atoms with Gasteiger partial charge in [0.1, 0.15) is 6.04 Å². The van der Waals surface area contributed by atoms with Crippen molar-refractivity contribution >= 4 is 11.8 Å². The maximum absolute atomic E-state index is 13.0. The van der Waals surface area contributed by atoms with Crippen LogP contribution in [0.15, 0.2) is 30.3 Å². The molecule has 1 saturated carbocycles. The second-order valence-corrected chi connectivity index (χ2v) is 6.82. The Bertz CT molecular complexity index is 571. The monoisotopic (exact) mass is 330 g/mol. The van der Waals surface area contributed by atoms with E-state index in [1.165, 1.54) is 0 Å². The largest absolute Gasteiger partial charge is 0.396 e. The number of amides is 2. The van der Waals surface area contributed by atoms with Gasteiger partial charge in [-0.05, 0) is 43.6 Å². The molecule has 1 aromatic rings. The zero-order chi connectivity index (χ0) is 16.9. The van der Waals surface area contributed by atoms with Gasteiger partial charge in [0.2, 0.25) is 11.8 Å². The van der Waals surface area contributed by atoms with E-state index in [1.807, 2.05) is 30.3 Å². The molecule has 1 saturated heterocycles. The molecule has 1 aromatic carbocycles. The van der Waals surface area contributed by atoms with Gasteiger partial charge in [-0.25, -0.2) is 0 Å². The summed E-state index contributed by atoms with van der Waals surface area (Å²) in [6.07, 6.45) is 5.12. The number of hydrogen-bond acceptors (Lipinski definition) is 3. The molecule has 24 heavy (non-hydrogen) atoms. The lowest BCUT2D eigenvalue weighted by Crippen LogP contribution is -2.48. The van der Waals surface area contributed by atoms with Crippen LogP contribution in [0.1, 0.15) is 50.1 Å². The quantitative estimate of drug-likeness (QED) is 0.803. The van der Waals surface area contributed by atoms with Gasteiger partial charge in [-0.3, -0.25) is 9.59 Å². The average molecular weight is 330 g/mol.